The van der Waals surface area contributed by atoms with Crippen molar-refractivity contribution in [3.63, 3.8) is 0 Å². The van der Waals surface area contributed by atoms with Gasteiger partial charge in [0, 0.05) is 5.75 Å². The van der Waals surface area contributed by atoms with Crippen molar-refractivity contribution < 1.29 is 0 Å². The normalized spacial score (nSPS) is 10.8. The van der Waals surface area contributed by atoms with Gasteiger partial charge in [0.1, 0.15) is 5.52 Å². The molecular weight excluding hydrogens is 270 g/mol. The van der Waals surface area contributed by atoms with Gasteiger partial charge in [-0.1, -0.05) is 47.7 Å². The molecule has 0 saturated carbocycles. The maximum absolute atomic E-state index is 12.2. The zero-order valence-electron chi connectivity index (χ0n) is 10.8. The van der Waals surface area contributed by atoms with Gasteiger partial charge in [-0.05, 0) is 17.7 Å². The van der Waals surface area contributed by atoms with E-state index in [0.29, 0.717) is 16.8 Å². The second-order valence-corrected chi connectivity index (χ2v) is 5.33. The van der Waals surface area contributed by atoms with Crippen LogP contribution in [0.1, 0.15) is 5.56 Å². The number of nitrogens with zero attached hydrogens (tertiary/aromatic N) is 3. The van der Waals surface area contributed by atoms with Crippen LogP contribution in [-0.4, -0.2) is 15.0 Å². The molecule has 1 aromatic heterocycles. The minimum absolute atomic E-state index is 0.0869. The largest absolute Gasteiger partial charge is 0.278 e. The van der Waals surface area contributed by atoms with Crippen LogP contribution in [0.2, 0.25) is 0 Å². The van der Waals surface area contributed by atoms with Crippen LogP contribution in [0.5, 0.6) is 0 Å². The van der Waals surface area contributed by atoms with Gasteiger partial charge in [-0.15, -0.1) is 16.9 Å². The van der Waals surface area contributed by atoms with E-state index in [2.05, 4.69) is 22.4 Å². The van der Waals surface area contributed by atoms with Gasteiger partial charge >= 0.3 is 0 Å². The molecule has 0 fully saturated rings. The summed E-state index contributed by atoms with van der Waals surface area (Å²) in [6.07, 6.45) is 0. The molecule has 0 atom stereocenters. The summed E-state index contributed by atoms with van der Waals surface area (Å²) in [5.74, 6) is 1.35. The molecule has 0 unspecified atom stereocenters. The first-order valence-electron chi connectivity index (χ1n) is 6.29. The topological polar surface area (TPSA) is 47.8 Å². The van der Waals surface area contributed by atoms with Crippen molar-refractivity contribution in [2.75, 3.05) is 0 Å². The van der Waals surface area contributed by atoms with Gasteiger partial charge in [0.2, 0.25) is 0 Å². The summed E-state index contributed by atoms with van der Waals surface area (Å²) in [4.78, 5) is 12.2. The van der Waals surface area contributed by atoms with Gasteiger partial charge in [0.05, 0.1) is 11.3 Å². The Morgan fingerprint density at radius 2 is 1.75 bits per heavy atom. The van der Waals surface area contributed by atoms with E-state index in [-0.39, 0.29) is 5.56 Å². The Morgan fingerprint density at radius 3 is 2.60 bits per heavy atom. The van der Waals surface area contributed by atoms with Gasteiger partial charge < -0.3 is 0 Å². The molecule has 0 amide bonds. The molecule has 0 spiro atoms. The van der Waals surface area contributed by atoms with Crippen LogP contribution in [0.25, 0.3) is 10.9 Å². The summed E-state index contributed by atoms with van der Waals surface area (Å²) >= 11 is 1.64. The van der Waals surface area contributed by atoms with Crippen molar-refractivity contribution in [3.05, 3.63) is 70.5 Å². The van der Waals surface area contributed by atoms with Gasteiger partial charge in [-0.3, -0.25) is 4.79 Å². The SMILES string of the molecule is O=c1c2ccccc2nnn1CSCc1ccccc1. The average Bonchev–Trinajstić information content (AvgIpc) is 2.51. The molecule has 3 aromatic rings. The number of aromatic nitrogens is 3. The summed E-state index contributed by atoms with van der Waals surface area (Å²) in [6.45, 7) is 0. The highest BCUT2D eigenvalue weighted by Gasteiger charge is 2.04. The molecule has 4 nitrogen and oxygen atoms in total. The Hall–Kier alpha value is -2.14. The van der Waals surface area contributed by atoms with Crippen LogP contribution < -0.4 is 5.56 Å². The van der Waals surface area contributed by atoms with Gasteiger partial charge in [-0.2, -0.15) is 0 Å². The van der Waals surface area contributed by atoms with Crippen LogP contribution in [-0.2, 0) is 11.6 Å². The minimum atomic E-state index is -0.0869. The molecule has 0 aliphatic rings. The molecular formula is C15H13N3OS. The van der Waals surface area contributed by atoms with Gasteiger partial charge in [-0.25, -0.2) is 4.68 Å². The van der Waals surface area contributed by atoms with Crippen LogP contribution in [0.4, 0.5) is 0 Å². The lowest BCUT2D eigenvalue weighted by Crippen LogP contribution is -2.23. The summed E-state index contributed by atoms with van der Waals surface area (Å²) < 4.78 is 1.41. The Morgan fingerprint density at radius 1 is 1.00 bits per heavy atom. The van der Waals surface area contributed by atoms with Crippen molar-refractivity contribution in [3.8, 4) is 0 Å². The number of hydrogen-bond acceptors (Lipinski definition) is 4. The van der Waals surface area contributed by atoms with Crippen LogP contribution >= 0.6 is 11.8 Å². The lowest BCUT2D eigenvalue weighted by molar-refractivity contribution is 0.645. The van der Waals surface area contributed by atoms with Gasteiger partial charge in [0.25, 0.3) is 5.56 Å². The average molecular weight is 283 g/mol. The highest BCUT2D eigenvalue weighted by atomic mass is 32.2. The fourth-order valence-corrected chi connectivity index (χ4v) is 2.79. The maximum Gasteiger partial charge on any atom is 0.278 e. The molecule has 0 bridgehead atoms. The van der Waals surface area contributed by atoms with Crippen molar-refractivity contribution >= 4 is 22.7 Å². The van der Waals surface area contributed by atoms with E-state index in [4.69, 9.17) is 0 Å². The zero-order valence-corrected chi connectivity index (χ0v) is 11.6. The van der Waals surface area contributed by atoms with Crippen molar-refractivity contribution in [1.29, 1.82) is 0 Å². The second-order valence-electron chi connectivity index (χ2n) is 4.37. The van der Waals surface area contributed by atoms with Crippen LogP contribution in [0, 0.1) is 0 Å². The summed E-state index contributed by atoms with van der Waals surface area (Å²) in [7, 11) is 0. The standard InChI is InChI=1S/C15H13N3OS/c19-15-13-8-4-5-9-14(13)16-17-18(15)11-20-10-12-6-2-1-3-7-12/h1-9H,10-11H2. The van der Waals surface area contributed by atoms with Crippen molar-refractivity contribution in [2.45, 2.75) is 11.6 Å². The molecule has 5 heteroatoms. The zero-order chi connectivity index (χ0) is 13.8. The van der Waals surface area contributed by atoms with E-state index in [1.807, 2.05) is 30.3 Å². The number of rotatable bonds is 4. The van der Waals surface area contributed by atoms with Crippen LogP contribution in [0.3, 0.4) is 0 Å². The molecule has 0 saturated heterocycles. The number of thioether (sulfide) groups is 1. The third-order valence-corrected chi connectivity index (χ3v) is 3.92. The molecule has 0 aliphatic heterocycles. The first-order valence-corrected chi connectivity index (χ1v) is 7.44. The third-order valence-electron chi connectivity index (χ3n) is 2.95. The van der Waals surface area contributed by atoms with E-state index in [1.54, 1.807) is 23.9 Å². The number of hydrogen-bond donors (Lipinski definition) is 0. The number of fused-ring (bicyclic) bond motifs is 1. The van der Waals surface area contributed by atoms with Crippen molar-refractivity contribution in [2.24, 2.45) is 0 Å². The summed E-state index contributed by atoms with van der Waals surface area (Å²) in [6, 6.07) is 17.4. The van der Waals surface area contributed by atoms with Crippen molar-refractivity contribution in [1.82, 2.24) is 15.0 Å². The van der Waals surface area contributed by atoms with E-state index < -0.39 is 0 Å². The van der Waals surface area contributed by atoms with E-state index in [9.17, 15) is 4.79 Å². The molecule has 3 rings (SSSR count). The Balaban J connectivity index is 1.75. The first-order chi connectivity index (χ1) is 9.84. The lowest BCUT2D eigenvalue weighted by atomic mass is 10.2. The molecule has 0 N–H and O–H groups in total. The highest BCUT2D eigenvalue weighted by Crippen LogP contribution is 2.13. The molecule has 1 heterocycles. The van der Waals surface area contributed by atoms with E-state index >= 15 is 0 Å². The molecule has 0 radical (unpaired) electrons. The first kappa shape index (κ1) is 12.9. The second kappa shape index (κ2) is 5.88. The highest BCUT2D eigenvalue weighted by molar-refractivity contribution is 7.97. The maximum atomic E-state index is 12.2. The molecule has 100 valence electrons. The third kappa shape index (κ3) is 2.72. The monoisotopic (exact) mass is 283 g/mol. The predicted molar refractivity (Wildman–Crippen MR) is 81.5 cm³/mol. The smallest absolute Gasteiger partial charge is 0.267 e. The fraction of sp³-hybridized carbons (Fsp3) is 0.133. The number of benzene rings is 2. The predicted octanol–water partition coefficient (Wildman–Crippen LogP) is 2.68. The lowest BCUT2D eigenvalue weighted by Gasteiger charge is -2.04. The van der Waals surface area contributed by atoms with E-state index in [0.717, 1.165) is 5.75 Å². The summed E-state index contributed by atoms with van der Waals surface area (Å²) in [5, 5.41) is 8.65. The summed E-state index contributed by atoms with van der Waals surface area (Å²) in [5.41, 5.74) is 1.79. The Kier molecular flexibility index (Phi) is 3.78. The van der Waals surface area contributed by atoms with Gasteiger partial charge in [0.15, 0.2) is 0 Å². The minimum Gasteiger partial charge on any atom is -0.267 e. The van der Waals surface area contributed by atoms with E-state index in [1.165, 1.54) is 10.2 Å². The Bertz CT molecular complexity index is 771. The quantitative estimate of drug-likeness (QED) is 0.738. The Labute approximate surface area is 120 Å². The molecule has 20 heavy (non-hydrogen) atoms. The molecule has 2 aromatic carbocycles. The fourth-order valence-electron chi connectivity index (χ4n) is 1.93. The molecule has 0 aliphatic carbocycles. The van der Waals surface area contributed by atoms with Crippen LogP contribution in [0.15, 0.2) is 59.4 Å².